The molecule has 31 heavy (non-hydrogen) atoms. The van der Waals surface area contributed by atoms with Gasteiger partial charge in [-0.1, -0.05) is 12.7 Å². The molecule has 3 aromatic rings. The summed E-state index contributed by atoms with van der Waals surface area (Å²) >= 11 is 0. The van der Waals surface area contributed by atoms with Gasteiger partial charge in [-0.2, -0.15) is 10.1 Å². The number of aromatic nitrogens is 6. The smallest absolute Gasteiger partial charge is 0.247 e. The minimum Gasteiger partial charge on any atom is -0.343 e. The lowest BCUT2D eigenvalue weighted by molar-refractivity contribution is -0.124. The molecule has 2 aliphatic rings. The lowest BCUT2D eigenvalue weighted by Gasteiger charge is -2.16. The van der Waals surface area contributed by atoms with E-state index in [9.17, 15) is 4.79 Å². The normalized spacial score (nSPS) is 19.4. The SMILES string of the molecule is C=C1NC(=O)C(C)(C)/C1=C/C=C(\C)Nc1nc2c(N3Cc4cn[nH]c4C3)nccn2n1. The number of hydrogen-bond donors (Lipinski definition) is 3. The Morgan fingerprint density at radius 3 is 2.94 bits per heavy atom. The summed E-state index contributed by atoms with van der Waals surface area (Å²) in [6.45, 7) is 11.0. The molecule has 0 bridgehead atoms. The number of anilines is 2. The molecule has 10 nitrogen and oxygen atoms in total. The quantitative estimate of drug-likeness (QED) is 0.596. The second-order valence-electron chi connectivity index (χ2n) is 8.30. The Labute approximate surface area is 178 Å². The molecule has 1 saturated heterocycles. The molecule has 0 saturated carbocycles. The Morgan fingerprint density at radius 2 is 2.19 bits per heavy atom. The van der Waals surface area contributed by atoms with Crippen molar-refractivity contribution in [1.82, 2.24) is 35.1 Å². The van der Waals surface area contributed by atoms with Crippen molar-refractivity contribution < 1.29 is 4.79 Å². The summed E-state index contributed by atoms with van der Waals surface area (Å²) in [6, 6.07) is 0. The van der Waals surface area contributed by atoms with E-state index in [1.165, 1.54) is 0 Å². The highest BCUT2D eigenvalue weighted by Crippen LogP contribution is 2.36. The van der Waals surface area contributed by atoms with Crippen LogP contribution in [0.25, 0.3) is 5.65 Å². The van der Waals surface area contributed by atoms with E-state index in [0.717, 1.165) is 34.9 Å². The highest BCUT2D eigenvalue weighted by molar-refractivity contribution is 5.92. The number of carbonyl (C=O) groups excluding carboxylic acids is 1. The van der Waals surface area contributed by atoms with E-state index in [2.05, 4.69) is 47.4 Å². The van der Waals surface area contributed by atoms with Crippen LogP contribution in [0.4, 0.5) is 11.8 Å². The summed E-state index contributed by atoms with van der Waals surface area (Å²) in [6.07, 6.45) is 9.14. The molecule has 0 aliphatic carbocycles. The van der Waals surface area contributed by atoms with Crippen LogP contribution >= 0.6 is 0 Å². The summed E-state index contributed by atoms with van der Waals surface area (Å²) in [5, 5.41) is 17.6. The average Bonchev–Trinajstić information content (AvgIpc) is 3.43. The van der Waals surface area contributed by atoms with Gasteiger partial charge in [-0.15, -0.1) is 5.10 Å². The lowest BCUT2D eigenvalue weighted by atomic mass is 9.85. The van der Waals surface area contributed by atoms with E-state index in [4.69, 9.17) is 0 Å². The summed E-state index contributed by atoms with van der Waals surface area (Å²) < 4.78 is 1.71. The largest absolute Gasteiger partial charge is 0.343 e. The molecule has 5 heterocycles. The molecular weight excluding hydrogens is 394 g/mol. The van der Waals surface area contributed by atoms with Crippen LogP contribution in [0.15, 0.2) is 54.3 Å². The molecule has 0 spiro atoms. The zero-order chi connectivity index (χ0) is 21.8. The molecule has 3 N–H and O–H groups in total. The fraction of sp³-hybridized carbons (Fsp3) is 0.286. The van der Waals surface area contributed by atoms with Crippen LogP contribution in [0.3, 0.4) is 0 Å². The number of rotatable bonds is 4. The first kappa shape index (κ1) is 19.0. The monoisotopic (exact) mass is 417 g/mol. The first-order chi connectivity index (χ1) is 14.8. The minimum atomic E-state index is -0.612. The first-order valence-corrected chi connectivity index (χ1v) is 9.97. The van der Waals surface area contributed by atoms with Gasteiger partial charge in [0.2, 0.25) is 11.9 Å². The Bertz CT molecular complexity index is 1260. The third-order valence-corrected chi connectivity index (χ3v) is 5.69. The van der Waals surface area contributed by atoms with Gasteiger partial charge < -0.3 is 15.5 Å². The molecule has 2 aliphatic heterocycles. The van der Waals surface area contributed by atoms with Gasteiger partial charge in [-0.25, -0.2) is 9.50 Å². The van der Waals surface area contributed by atoms with Gasteiger partial charge in [0.05, 0.1) is 23.9 Å². The van der Waals surface area contributed by atoms with Crippen LogP contribution in [0, 0.1) is 5.41 Å². The van der Waals surface area contributed by atoms with Crippen molar-refractivity contribution in [2.24, 2.45) is 5.41 Å². The minimum absolute atomic E-state index is 0.0475. The number of nitrogens with zero attached hydrogens (tertiary/aromatic N) is 6. The highest BCUT2D eigenvalue weighted by atomic mass is 16.2. The van der Waals surface area contributed by atoms with Gasteiger partial charge in [0.1, 0.15) is 0 Å². The number of fused-ring (bicyclic) bond motifs is 2. The van der Waals surface area contributed by atoms with E-state index < -0.39 is 5.41 Å². The van der Waals surface area contributed by atoms with Crippen LogP contribution in [0.2, 0.25) is 0 Å². The number of carbonyl (C=O) groups is 1. The molecule has 10 heteroatoms. The lowest BCUT2D eigenvalue weighted by Crippen LogP contribution is -2.25. The predicted molar refractivity (Wildman–Crippen MR) is 116 cm³/mol. The van der Waals surface area contributed by atoms with E-state index in [1.807, 2.05) is 39.1 Å². The summed E-state index contributed by atoms with van der Waals surface area (Å²) in [7, 11) is 0. The van der Waals surface area contributed by atoms with Crippen LogP contribution < -0.4 is 15.5 Å². The number of H-pyrrole nitrogens is 1. The number of aromatic amines is 1. The topological polar surface area (TPSA) is 116 Å². The highest BCUT2D eigenvalue weighted by Gasteiger charge is 2.39. The van der Waals surface area contributed by atoms with E-state index in [0.29, 0.717) is 23.8 Å². The standard InChI is InChI=1S/C21H23N9O/c1-12(5-6-15-13(2)25-19(31)21(15,3)4)24-20-26-18-17(22-7-8-30(18)28-20)29-10-14-9-23-27-16(14)11-29/h5-9H,2,10-11H2,1,3-4H3,(H,23,27)(H,24,28)(H,25,31)/b12-5+,15-6+. The van der Waals surface area contributed by atoms with Crippen LogP contribution in [0.1, 0.15) is 32.0 Å². The van der Waals surface area contributed by atoms with Crippen molar-refractivity contribution in [2.75, 3.05) is 10.2 Å². The van der Waals surface area contributed by atoms with Crippen molar-refractivity contribution in [3.63, 3.8) is 0 Å². The maximum atomic E-state index is 12.1. The average molecular weight is 417 g/mol. The summed E-state index contributed by atoms with van der Waals surface area (Å²) in [5.74, 6) is 1.19. The van der Waals surface area contributed by atoms with Crippen LogP contribution in [-0.4, -0.2) is 35.7 Å². The third-order valence-electron chi connectivity index (χ3n) is 5.69. The molecule has 5 rings (SSSR count). The summed E-state index contributed by atoms with van der Waals surface area (Å²) in [4.78, 5) is 23.4. The van der Waals surface area contributed by atoms with Gasteiger partial charge in [-0.3, -0.25) is 9.89 Å². The maximum absolute atomic E-state index is 12.1. The van der Waals surface area contributed by atoms with Gasteiger partial charge in [-0.05, 0) is 32.4 Å². The Kier molecular flexibility index (Phi) is 4.17. The fourth-order valence-electron chi connectivity index (χ4n) is 3.89. The van der Waals surface area contributed by atoms with E-state index in [1.54, 1.807) is 16.9 Å². The zero-order valence-corrected chi connectivity index (χ0v) is 17.6. The fourth-order valence-corrected chi connectivity index (χ4v) is 3.89. The van der Waals surface area contributed by atoms with Gasteiger partial charge in [0.25, 0.3) is 0 Å². The van der Waals surface area contributed by atoms with E-state index in [-0.39, 0.29) is 5.91 Å². The van der Waals surface area contributed by atoms with Gasteiger partial charge >= 0.3 is 0 Å². The molecule has 0 radical (unpaired) electrons. The van der Waals surface area contributed by atoms with Crippen molar-refractivity contribution in [2.45, 2.75) is 33.9 Å². The summed E-state index contributed by atoms with van der Waals surface area (Å²) in [5.41, 5.74) is 4.65. The molecule has 1 amide bonds. The molecule has 158 valence electrons. The molecule has 0 atom stereocenters. The Hall–Kier alpha value is -3.95. The second kappa shape index (κ2) is 6.79. The molecule has 3 aromatic heterocycles. The number of nitrogens with one attached hydrogen (secondary N) is 3. The number of amides is 1. The molecule has 0 aromatic carbocycles. The maximum Gasteiger partial charge on any atom is 0.247 e. The van der Waals surface area contributed by atoms with Gasteiger partial charge in [0.15, 0.2) is 11.5 Å². The second-order valence-corrected chi connectivity index (χ2v) is 8.30. The molecule has 1 fully saturated rings. The van der Waals surface area contributed by atoms with Crippen LogP contribution in [-0.2, 0) is 17.9 Å². The Morgan fingerprint density at radius 1 is 1.35 bits per heavy atom. The van der Waals surface area contributed by atoms with Crippen molar-refractivity contribution in [1.29, 1.82) is 0 Å². The molecular formula is C21H23N9O. The number of allylic oxidation sites excluding steroid dienone is 4. The molecule has 0 unspecified atom stereocenters. The Balaban J connectivity index is 1.38. The zero-order valence-electron chi connectivity index (χ0n) is 17.6. The van der Waals surface area contributed by atoms with Gasteiger partial charge in [0, 0.05) is 35.9 Å². The van der Waals surface area contributed by atoms with E-state index >= 15 is 0 Å². The van der Waals surface area contributed by atoms with Crippen molar-refractivity contribution >= 4 is 23.3 Å². The van der Waals surface area contributed by atoms with Crippen LogP contribution in [0.5, 0.6) is 0 Å². The first-order valence-electron chi connectivity index (χ1n) is 9.97. The van der Waals surface area contributed by atoms with Crippen molar-refractivity contribution in [3.05, 3.63) is 65.5 Å². The third kappa shape index (κ3) is 3.16. The number of hydrogen-bond acceptors (Lipinski definition) is 7. The van der Waals surface area contributed by atoms with Crippen molar-refractivity contribution in [3.8, 4) is 0 Å². The predicted octanol–water partition coefficient (Wildman–Crippen LogP) is 2.28.